The second kappa shape index (κ2) is 7.66. The van der Waals surface area contributed by atoms with Crippen LogP contribution < -0.4 is 0 Å². The molecule has 142 valence electrons. The van der Waals surface area contributed by atoms with Gasteiger partial charge < -0.3 is 9.31 Å². The highest BCUT2D eigenvalue weighted by molar-refractivity contribution is 8.13. The highest BCUT2D eigenvalue weighted by Crippen LogP contribution is 2.39. The maximum atomic E-state index is 11.5. The molecule has 0 bridgehead atoms. The largest absolute Gasteiger partial charge is 0.491 e. The smallest absolute Gasteiger partial charge is 0.400 e. The molecule has 0 unspecified atom stereocenters. The number of hydrogen-bond acceptors (Lipinski definition) is 5. The number of carbonyl (C=O) groups is 1. The van der Waals surface area contributed by atoms with Crippen molar-refractivity contribution < 1.29 is 14.1 Å². The molecule has 27 heavy (non-hydrogen) atoms. The minimum atomic E-state index is -0.484. The fraction of sp³-hybridized carbons (Fsp3) is 0.400. The van der Waals surface area contributed by atoms with E-state index in [1.165, 1.54) is 11.8 Å². The highest BCUT2D eigenvalue weighted by atomic mass is 32.2. The van der Waals surface area contributed by atoms with Crippen LogP contribution in [0.25, 0.3) is 11.8 Å². The van der Waals surface area contributed by atoms with Crippen LogP contribution in [0.15, 0.2) is 48.2 Å². The minimum Gasteiger partial charge on any atom is -0.400 e. The van der Waals surface area contributed by atoms with Crippen LogP contribution in [-0.4, -0.2) is 39.0 Å². The fourth-order valence-electron chi connectivity index (χ4n) is 2.70. The van der Waals surface area contributed by atoms with Crippen molar-refractivity contribution in [2.24, 2.45) is 0 Å². The van der Waals surface area contributed by atoms with Crippen LogP contribution in [0.2, 0.25) is 0 Å². The summed E-state index contributed by atoms with van der Waals surface area (Å²) in [6, 6.07) is 9.93. The number of hydrogen-bond donors (Lipinski definition) is 0. The second-order valence-corrected chi connectivity index (χ2v) is 8.79. The zero-order chi connectivity index (χ0) is 19.7. The van der Waals surface area contributed by atoms with E-state index in [0.29, 0.717) is 5.75 Å². The monoisotopic (exact) mass is 384 g/mol. The van der Waals surface area contributed by atoms with Gasteiger partial charge in [-0.1, -0.05) is 36.0 Å². The van der Waals surface area contributed by atoms with Crippen LogP contribution in [-0.2, 0) is 14.1 Å². The molecule has 1 aliphatic rings. The second-order valence-electron chi connectivity index (χ2n) is 7.64. The lowest BCUT2D eigenvalue weighted by molar-refractivity contribution is -0.109. The van der Waals surface area contributed by atoms with Gasteiger partial charge in [-0.3, -0.25) is 4.79 Å². The third-order valence-electron chi connectivity index (χ3n) is 4.97. The third kappa shape index (κ3) is 4.54. The molecule has 7 heteroatoms. The molecular weight excluding hydrogens is 359 g/mol. The highest BCUT2D eigenvalue weighted by Gasteiger charge is 2.52. The van der Waals surface area contributed by atoms with Crippen LogP contribution in [0.3, 0.4) is 0 Å². The van der Waals surface area contributed by atoms with E-state index >= 15 is 0 Å². The first kappa shape index (κ1) is 19.9. The zero-order valence-corrected chi connectivity index (χ0v) is 17.2. The van der Waals surface area contributed by atoms with Gasteiger partial charge in [0.25, 0.3) is 0 Å². The molecular formula is C20H25BN2O3S. The first-order chi connectivity index (χ1) is 12.7. The van der Waals surface area contributed by atoms with Crippen molar-refractivity contribution in [3.05, 3.63) is 53.8 Å². The summed E-state index contributed by atoms with van der Waals surface area (Å²) in [6.45, 7) is 9.67. The molecule has 0 N–H and O–H groups in total. The Hall–Kier alpha value is -1.83. The molecule has 1 aromatic heterocycles. The van der Waals surface area contributed by atoms with Crippen LogP contribution in [0, 0.1) is 0 Å². The van der Waals surface area contributed by atoms with E-state index in [1.807, 2.05) is 75.0 Å². The summed E-state index contributed by atoms with van der Waals surface area (Å²) in [7, 11) is -0.484. The molecule has 0 aliphatic carbocycles. The Kier molecular flexibility index (Phi) is 5.65. The molecule has 0 amide bonds. The van der Waals surface area contributed by atoms with E-state index in [9.17, 15) is 4.79 Å². The Morgan fingerprint density at radius 2 is 1.81 bits per heavy atom. The minimum absolute atomic E-state index is 0.0670. The van der Waals surface area contributed by atoms with E-state index in [4.69, 9.17) is 9.31 Å². The number of aromatic nitrogens is 2. The van der Waals surface area contributed by atoms with Crippen LogP contribution >= 0.6 is 11.8 Å². The molecule has 0 spiro atoms. The van der Waals surface area contributed by atoms with Crippen molar-refractivity contribution in [3.63, 3.8) is 0 Å². The molecule has 0 atom stereocenters. The van der Waals surface area contributed by atoms with E-state index in [-0.39, 0.29) is 5.12 Å². The van der Waals surface area contributed by atoms with Gasteiger partial charge in [0.2, 0.25) is 0 Å². The van der Waals surface area contributed by atoms with E-state index in [2.05, 4.69) is 5.10 Å². The van der Waals surface area contributed by atoms with Crippen molar-refractivity contribution >= 4 is 30.1 Å². The molecule has 0 saturated carbocycles. The Balaban J connectivity index is 1.87. The molecule has 1 aliphatic heterocycles. The Labute approximate surface area is 165 Å². The number of thioether (sulfide) groups is 1. The van der Waals surface area contributed by atoms with E-state index in [1.54, 1.807) is 13.1 Å². The number of benzene rings is 1. The standard InChI is InChI=1S/C20H25BN2O3S/c1-15(24)27-14-17(21-25-19(2,3)20(4,5)26-21)11-16-12-22-23(13-16)18-9-7-6-8-10-18/h6-13H,14H2,1-5H3. The molecule has 3 rings (SSSR count). The summed E-state index contributed by atoms with van der Waals surface area (Å²) in [5.41, 5.74) is 2.00. The predicted octanol–water partition coefficient (Wildman–Crippen LogP) is 4.17. The summed E-state index contributed by atoms with van der Waals surface area (Å²) in [5.74, 6) is 0.517. The molecule has 0 radical (unpaired) electrons. The van der Waals surface area contributed by atoms with Gasteiger partial charge in [-0.25, -0.2) is 4.68 Å². The third-order valence-corrected chi connectivity index (χ3v) is 5.86. The van der Waals surface area contributed by atoms with Crippen molar-refractivity contribution in [3.8, 4) is 5.69 Å². The van der Waals surface area contributed by atoms with Gasteiger partial charge in [0.05, 0.1) is 23.1 Å². The molecule has 1 saturated heterocycles. The van der Waals surface area contributed by atoms with Gasteiger partial charge in [0.1, 0.15) is 0 Å². The first-order valence-electron chi connectivity index (χ1n) is 8.97. The maximum Gasteiger partial charge on any atom is 0.491 e. The number of rotatable bonds is 5. The Bertz CT molecular complexity index is 830. The van der Waals surface area contributed by atoms with Crippen molar-refractivity contribution in [2.45, 2.75) is 45.8 Å². The zero-order valence-electron chi connectivity index (χ0n) is 16.4. The van der Waals surface area contributed by atoms with Crippen LogP contribution in [0.5, 0.6) is 0 Å². The van der Waals surface area contributed by atoms with Gasteiger partial charge in [0.15, 0.2) is 5.12 Å². The van der Waals surface area contributed by atoms with Crippen LogP contribution in [0.4, 0.5) is 0 Å². The lowest BCUT2D eigenvalue weighted by Gasteiger charge is -2.32. The lowest BCUT2D eigenvalue weighted by atomic mass is 9.78. The SMILES string of the molecule is CC(=O)SCC(=Cc1cnn(-c2ccccc2)c1)B1OC(C)(C)C(C)(C)O1. The molecule has 2 aromatic rings. The van der Waals surface area contributed by atoms with Gasteiger partial charge in [-0.2, -0.15) is 5.10 Å². The molecule has 2 heterocycles. The predicted molar refractivity (Wildman–Crippen MR) is 111 cm³/mol. The number of carbonyl (C=O) groups excluding carboxylic acids is 1. The van der Waals surface area contributed by atoms with Gasteiger partial charge in [-0.05, 0) is 45.3 Å². The summed E-state index contributed by atoms with van der Waals surface area (Å²) in [5, 5.41) is 4.50. The number of para-hydroxylation sites is 1. The summed E-state index contributed by atoms with van der Waals surface area (Å²) < 4.78 is 14.2. The maximum absolute atomic E-state index is 11.5. The Morgan fingerprint density at radius 3 is 2.41 bits per heavy atom. The fourth-order valence-corrected chi connectivity index (χ4v) is 3.29. The first-order valence-corrected chi connectivity index (χ1v) is 9.96. The number of nitrogens with zero attached hydrogens (tertiary/aromatic N) is 2. The molecule has 1 fully saturated rings. The Morgan fingerprint density at radius 1 is 1.19 bits per heavy atom. The lowest BCUT2D eigenvalue weighted by Crippen LogP contribution is -2.41. The average Bonchev–Trinajstić information content (AvgIpc) is 3.14. The normalized spacial score (nSPS) is 18.7. The quantitative estimate of drug-likeness (QED) is 0.725. The summed E-state index contributed by atoms with van der Waals surface area (Å²) in [4.78, 5) is 11.5. The van der Waals surface area contributed by atoms with E-state index in [0.717, 1.165) is 16.7 Å². The summed E-state index contributed by atoms with van der Waals surface area (Å²) in [6.07, 6.45) is 5.76. The van der Waals surface area contributed by atoms with Crippen LogP contribution in [0.1, 0.15) is 40.2 Å². The van der Waals surface area contributed by atoms with Gasteiger partial charge in [0, 0.05) is 24.4 Å². The van der Waals surface area contributed by atoms with Crippen molar-refractivity contribution in [2.75, 3.05) is 5.75 Å². The molecule has 1 aromatic carbocycles. The van der Waals surface area contributed by atoms with E-state index < -0.39 is 18.3 Å². The average molecular weight is 384 g/mol. The van der Waals surface area contributed by atoms with Gasteiger partial charge in [-0.15, -0.1) is 0 Å². The summed E-state index contributed by atoms with van der Waals surface area (Å²) >= 11 is 1.25. The van der Waals surface area contributed by atoms with Crippen molar-refractivity contribution in [1.82, 2.24) is 9.78 Å². The molecule has 5 nitrogen and oxygen atoms in total. The van der Waals surface area contributed by atoms with Gasteiger partial charge >= 0.3 is 7.12 Å². The van der Waals surface area contributed by atoms with Crippen molar-refractivity contribution in [1.29, 1.82) is 0 Å². The topological polar surface area (TPSA) is 53.4 Å².